The van der Waals surface area contributed by atoms with Crippen molar-refractivity contribution in [1.29, 1.82) is 0 Å². The summed E-state index contributed by atoms with van der Waals surface area (Å²) in [6.07, 6.45) is 8.31. The van der Waals surface area contributed by atoms with Crippen LogP contribution in [0.3, 0.4) is 0 Å². The predicted octanol–water partition coefficient (Wildman–Crippen LogP) is 3.98. The van der Waals surface area contributed by atoms with Crippen molar-refractivity contribution in [2.75, 3.05) is 13.7 Å². The van der Waals surface area contributed by atoms with Gasteiger partial charge in [-0.2, -0.15) is 0 Å². The molecule has 0 aliphatic heterocycles. The van der Waals surface area contributed by atoms with Crippen molar-refractivity contribution < 1.29 is 13.9 Å². The predicted molar refractivity (Wildman–Crippen MR) is 86.8 cm³/mol. The van der Waals surface area contributed by atoms with E-state index >= 15 is 0 Å². The number of carbonyl (C=O) groups excluding carboxylic acids is 1. The van der Waals surface area contributed by atoms with Gasteiger partial charge in [0, 0.05) is 19.5 Å². The molecule has 3 nitrogen and oxygen atoms in total. The maximum atomic E-state index is 13.1. The van der Waals surface area contributed by atoms with E-state index in [1.807, 2.05) is 32.1 Å². The summed E-state index contributed by atoms with van der Waals surface area (Å²) in [5, 5.41) is 0. The highest BCUT2D eigenvalue weighted by molar-refractivity contribution is 5.47. The fraction of sp³-hybridized carbons (Fsp3) is 0.389. The molecule has 0 aliphatic rings. The van der Waals surface area contributed by atoms with Gasteiger partial charge < -0.3 is 9.64 Å². The number of methoxy groups -OCH3 is 1. The van der Waals surface area contributed by atoms with Gasteiger partial charge in [-0.15, -0.1) is 0 Å². The maximum absolute atomic E-state index is 13.1. The Morgan fingerprint density at radius 2 is 2.18 bits per heavy atom. The summed E-state index contributed by atoms with van der Waals surface area (Å²) in [6.45, 7) is 5.00. The Morgan fingerprint density at radius 1 is 1.41 bits per heavy atom. The SMILES string of the molecule is CC/C(=C\C=C/CCN(C=O)Cc1ccc(F)cc1C)OC. The molecule has 0 atom stereocenters. The summed E-state index contributed by atoms with van der Waals surface area (Å²) in [5.74, 6) is 0.670. The standard InChI is InChI=1S/C18H24FNO2/c1-4-18(22-3)8-6-5-7-11-20(14-21)13-16-9-10-17(19)12-15(16)2/h5-6,8-10,12,14H,4,7,11,13H2,1-3H3/b6-5-,18-8+. The number of benzene rings is 1. The first-order valence-corrected chi connectivity index (χ1v) is 7.44. The minimum absolute atomic E-state index is 0.251. The third-order valence-electron chi connectivity index (χ3n) is 3.44. The van der Waals surface area contributed by atoms with Gasteiger partial charge in [-0.3, -0.25) is 4.79 Å². The van der Waals surface area contributed by atoms with Gasteiger partial charge >= 0.3 is 0 Å². The van der Waals surface area contributed by atoms with Crippen LogP contribution in [-0.2, 0) is 16.1 Å². The summed E-state index contributed by atoms with van der Waals surface area (Å²) in [7, 11) is 1.66. The second kappa shape index (κ2) is 9.77. The fourth-order valence-corrected chi connectivity index (χ4v) is 2.07. The van der Waals surface area contributed by atoms with E-state index in [4.69, 9.17) is 4.74 Å². The van der Waals surface area contributed by atoms with Gasteiger partial charge in [0.1, 0.15) is 5.82 Å². The Labute approximate surface area is 132 Å². The summed E-state index contributed by atoms with van der Waals surface area (Å²) in [6, 6.07) is 4.64. The van der Waals surface area contributed by atoms with Crippen molar-refractivity contribution in [2.45, 2.75) is 33.2 Å². The Balaban J connectivity index is 2.50. The first-order valence-electron chi connectivity index (χ1n) is 7.44. The Bertz CT molecular complexity index is 532. The number of halogens is 1. The van der Waals surface area contributed by atoms with Crippen molar-refractivity contribution in [3.05, 3.63) is 59.1 Å². The third kappa shape index (κ3) is 6.12. The Hall–Kier alpha value is -2.10. The quantitative estimate of drug-likeness (QED) is 0.392. The number of nitrogens with zero attached hydrogens (tertiary/aromatic N) is 1. The smallest absolute Gasteiger partial charge is 0.210 e. The minimum Gasteiger partial charge on any atom is -0.501 e. The summed E-state index contributed by atoms with van der Waals surface area (Å²) in [5.41, 5.74) is 1.82. The van der Waals surface area contributed by atoms with E-state index in [1.54, 1.807) is 18.1 Å². The van der Waals surface area contributed by atoms with Gasteiger partial charge in [-0.05, 0) is 42.7 Å². The molecule has 0 aromatic heterocycles. The average Bonchev–Trinajstić information content (AvgIpc) is 2.51. The van der Waals surface area contributed by atoms with Crippen LogP contribution in [0.25, 0.3) is 0 Å². The number of hydrogen-bond acceptors (Lipinski definition) is 2. The molecule has 1 rings (SSSR count). The topological polar surface area (TPSA) is 29.5 Å². The lowest BCUT2D eigenvalue weighted by Gasteiger charge is -2.17. The monoisotopic (exact) mass is 305 g/mol. The van der Waals surface area contributed by atoms with Gasteiger partial charge in [0.05, 0.1) is 12.9 Å². The van der Waals surface area contributed by atoms with Crippen LogP contribution in [0, 0.1) is 12.7 Å². The summed E-state index contributed by atoms with van der Waals surface area (Å²) in [4.78, 5) is 12.8. The van der Waals surface area contributed by atoms with E-state index in [1.165, 1.54) is 12.1 Å². The van der Waals surface area contributed by atoms with E-state index in [0.717, 1.165) is 36.1 Å². The molecular weight excluding hydrogens is 281 g/mol. The maximum Gasteiger partial charge on any atom is 0.210 e. The van der Waals surface area contributed by atoms with Crippen LogP contribution in [0.5, 0.6) is 0 Å². The Morgan fingerprint density at radius 3 is 2.77 bits per heavy atom. The van der Waals surface area contributed by atoms with Gasteiger partial charge in [0.2, 0.25) is 6.41 Å². The second-order valence-corrected chi connectivity index (χ2v) is 5.05. The zero-order chi connectivity index (χ0) is 16.4. The molecule has 0 radical (unpaired) electrons. The largest absolute Gasteiger partial charge is 0.501 e. The van der Waals surface area contributed by atoms with Crippen molar-refractivity contribution in [3.8, 4) is 0 Å². The number of aryl methyl sites for hydroxylation is 1. The lowest BCUT2D eigenvalue weighted by Crippen LogP contribution is -2.22. The molecule has 0 unspecified atom stereocenters. The van der Waals surface area contributed by atoms with Gasteiger partial charge in [-0.1, -0.05) is 25.1 Å². The molecule has 4 heteroatoms. The van der Waals surface area contributed by atoms with Crippen LogP contribution < -0.4 is 0 Å². The first kappa shape index (κ1) is 18.0. The molecule has 0 saturated carbocycles. The molecule has 0 heterocycles. The van der Waals surface area contributed by atoms with Crippen LogP contribution >= 0.6 is 0 Å². The highest BCUT2D eigenvalue weighted by Crippen LogP contribution is 2.12. The van der Waals surface area contributed by atoms with E-state index in [-0.39, 0.29) is 5.82 Å². The minimum atomic E-state index is -0.251. The van der Waals surface area contributed by atoms with Gasteiger partial charge in [-0.25, -0.2) is 4.39 Å². The fourth-order valence-electron chi connectivity index (χ4n) is 2.07. The van der Waals surface area contributed by atoms with Crippen molar-refractivity contribution in [2.24, 2.45) is 0 Å². The average molecular weight is 305 g/mol. The number of amides is 1. The molecule has 0 aliphatic carbocycles. The van der Waals surface area contributed by atoms with Crippen molar-refractivity contribution in [3.63, 3.8) is 0 Å². The molecule has 0 spiro atoms. The van der Waals surface area contributed by atoms with Gasteiger partial charge in [0.15, 0.2) is 0 Å². The number of rotatable bonds is 9. The van der Waals surface area contributed by atoms with E-state index in [9.17, 15) is 9.18 Å². The van der Waals surface area contributed by atoms with Crippen molar-refractivity contribution in [1.82, 2.24) is 4.90 Å². The van der Waals surface area contributed by atoms with Crippen molar-refractivity contribution >= 4 is 6.41 Å². The highest BCUT2D eigenvalue weighted by atomic mass is 19.1. The molecule has 1 amide bonds. The molecule has 1 aromatic rings. The number of ether oxygens (including phenoxy) is 1. The number of allylic oxidation sites excluding steroid dienone is 3. The lowest BCUT2D eigenvalue weighted by molar-refractivity contribution is -0.118. The van der Waals surface area contributed by atoms with Crippen LogP contribution in [0.4, 0.5) is 4.39 Å². The molecule has 0 fully saturated rings. The second-order valence-electron chi connectivity index (χ2n) is 5.05. The molecule has 120 valence electrons. The first-order chi connectivity index (χ1) is 10.6. The summed E-state index contributed by atoms with van der Waals surface area (Å²) < 4.78 is 18.2. The molecule has 0 N–H and O–H groups in total. The molecule has 22 heavy (non-hydrogen) atoms. The number of hydrogen-bond donors (Lipinski definition) is 0. The molecule has 0 saturated heterocycles. The van der Waals surface area contributed by atoms with E-state index in [2.05, 4.69) is 0 Å². The molecule has 1 aromatic carbocycles. The highest BCUT2D eigenvalue weighted by Gasteiger charge is 2.05. The van der Waals surface area contributed by atoms with Gasteiger partial charge in [0.25, 0.3) is 0 Å². The zero-order valence-corrected chi connectivity index (χ0v) is 13.5. The normalized spacial score (nSPS) is 11.7. The van der Waals surface area contributed by atoms with Crippen LogP contribution in [-0.4, -0.2) is 25.0 Å². The van der Waals surface area contributed by atoms with E-state index in [0.29, 0.717) is 13.1 Å². The third-order valence-corrected chi connectivity index (χ3v) is 3.44. The Kier molecular flexibility index (Phi) is 7.97. The lowest BCUT2D eigenvalue weighted by atomic mass is 10.1. The van der Waals surface area contributed by atoms with E-state index < -0.39 is 0 Å². The van der Waals surface area contributed by atoms with Crippen LogP contribution in [0.15, 0.2) is 42.2 Å². The zero-order valence-electron chi connectivity index (χ0n) is 13.5. The van der Waals surface area contributed by atoms with Crippen LogP contribution in [0.1, 0.15) is 30.9 Å². The van der Waals surface area contributed by atoms with Crippen LogP contribution in [0.2, 0.25) is 0 Å². The molecular formula is C18H24FNO2. The molecule has 0 bridgehead atoms. The summed E-state index contributed by atoms with van der Waals surface area (Å²) >= 11 is 0. The number of carbonyl (C=O) groups is 1.